The first-order valence-electron chi connectivity index (χ1n) is 7.76. The zero-order chi connectivity index (χ0) is 18.9. The van der Waals surface area contributed by atoms with Crippen LogP contribution in [0.15, 0.2) is 48.5 Å². The Morgan fingerprint density at radius 2 is 1.85 bits per heavy atom. The quantitative estimate of drug-likeness (QED) is 0.806. The van der Waals surface area contributed by atoms with Gasteiger partial charge in [0, 0.05) is 5.56 Å². The summed E-state index contributed by atoms with van der Waals surface area (Å²) in [6.45, 7) is 0.886. The largest absolute Gasteiger partial charge is 0.325 e. The lowest BCUT2D eigenvalue weighted by molar-refractivity contribution is -0.133. The summed E-state index contributed by atoms with van der Waals surface area (Å²) in [5.41, 5.74) is -1.18. The summed E-state index contributed by atoms with van der Waals surface area (Å²) in [7, 11) is 0. The van der Waals surface area contributed by atoms with Gasteiger partial charge in [0.25, 0.3) is 5.91 Å². The summed E-state index contributed by atoms with van der Waals surface area (Å²) in [6, 6.07) is 11.5. The van der Waals surface area contributed by atoms with Gasteiger partial charge in [-0.05, 0) is 25.1 Å². The average molecular weight is 376 g/mol. The number of urea groups is 1. The fraction of sp³-hybridized carbons (Fsp3) is 0.167. The summed E-state index contributed by atoms with van der Waals surface area (Å²) in [5.74, 6) is -1.92. The lowest BCUT2D eigenvalue weighted by atomic mass is 9.91. The number of nitrogens with one attached hydrogen (secondary N) is 2. The van der Waals surface area contributed by atoms with E-state index in [1.807, 2.05) is 0 Å². The molecule has 0 aromatic heterocycles. The van der Waals surface area contributed by atoms with Gasteiger partial charge in [0.05, 0.1) is 10.7 Å². The van der Waals surface area contributed by atoms with Gasteiger partial charge in [0.1, 0.15) is 17.9 Å². The van der Waals surface area contributed by atoms with Gasteiger partial charge in [-0.1, -0.05) is 41.9 Å². The van der Waals surface area contributed by atoms with Crippen molar-refractivity contribution in [2.75, 3.05) is 11.9 Å². The van der Waals surface area contributed by atoms with Crippen molar-refractivity contribution in [2.24, 2.45) is 0 Å². The third-order valence-electron chi connectivity index (χ3n) is 4.14. The number of carbonyl (C=O) groups is 3. The van der Waals surface area contributed by atoms with Crippen molar-refractivity contribution >= 4 is 35.1 Å². The van der Waals surface area contributed by atoms with E-state index in [0.29, 0.717) is 10.7 Å². The molecule has 26 heavy (non-hydrogen) atoms. The Kier molecular flexibility index (Phi) is 4.65. The van der Waals surface area contributed by atoms with Crippen LogP contribution in [0.5, 0.6) is 0 Å². The number of halogens is 2. The predicted molar refractivity (Wildman–Crippen MR) is 94.1 cm³/mol. The molecule has 1 atom stereocenters. The molecule has 0 radical (unpaired) electrons. The normalized spacial score (nSPS) is 19.4. The molecule has 0 unspecified atom stereocenters. The van der Waals surface area contributed by atoms with Crippen LogP contribution in [0.1, 0.15) is 12.5 Å². The van der Waals surface area contributed by atoms with Crippen molar-refractivity contribution in [3.63, 3.8) is 0 Å². The number of anilines is 1. The Morgan fingerprint density at radius 3 is 2.54 bits per heavy atom. The second-order valence-electron chi connectivity index (χ2n) is 5.95. The Labute approximate surface area is 153 Å². The molecule has 8 heteroatoms. The van der Waals surface area contributed by atoms with Crippen LogP contribution in [0.25, 0.3) is 0 Å². The first kappa shape index (κ1) is 17.9. The highest BCUT2D eigenvalue weighted by atomic mass is 35.5. The lowest BCUT2D eigenvalue weighted by Crippen LogP contribution is -2.42. The second kappa shape index (κ2) is 6.76. The van der Waals surface area contributed by atoms with Crippen LogP contribution in [0.3, 0.4) is 0 Å². The van der Waals surface area contributed by atoms with Crippen LogP contribution < -0.4 is 10.6 Å². The molecule has 4 amide bonds. The van der Waals surface area contributed by atoms with Crippen molar-refractivity contribution in [2.45, 2.75) is 12.5 Å². The minimum absolute atomic E-state index is 0.0346. The molecule has 1 aliphatic heterocycles. The monoisotopic (exact) mass is 375 g/mol. The van der Waals surface area contributed by atoms with E-state index in [1.54, 1.807) is 30.3 Å². The lowest BCUT2D eigenvalue weighted by Gasteiger charge is -2.22. The van der Waals surface area contributed by atoms with E-state index < -0.39 is 35.7 Å². The first-order valence-corrected chi connectivity index (χ1v) is 8.14. The van der Waals surface area contributed by atoms with Crippen molar-refractivity contribution < 1.29 is 18.8 Å². The molecule has 3 rings (SSSR count). The standard InChI is InChI=1S/C18H15ClFN3O3/c1-18(11-6-2-4-8-13(11)20)16(25)23(17(26)22-18)10-15(24)21-14-9-5-3-7-12(14)19/h2-9H,10H2,1H3,(H,21,24)(H,22,26)/t18-/m0/s1. The van der Waals surface area contributed by atoms with E-state index in [-0.39, 0.29) is 5.56 Å². The van der Waals surface area contributed by atoms with Crippen LogP contribution in [0.4, 0.5) is 14.9 Å². The summed E-state index contributed by atoms with van der Waals surface area (Å²) in [6.07, 6.45) is 0. The van der Waals surface area contributed by atoms with Crippen LogP contribution >= 0.6 is 11.6 Å². The van der Waals surface area contributed by atoms with E-state index in [0.717, 1.165) is 4.90 Å². The number of benzene rings is 2. The number of hydrogen-bond donors (Lipinski definition) is 2. The van der Waals surface area contributed by atoms with Gasteiger partial charge in [-0.2, -0.15) is 0 Å². The molecule has 1 fully saturated rings. The highest BCUT2D eigenvalue weighted by molar-refractivity contribution is 6.33. The topological polar surface area (TPSA) is 78.5 Å². The van der Waals surface area contributed by atoms with Gasteiger partial charge in [0.2, 0.25) is 5.91 Å². The maximum atomic E-state index is 14.1. The van der Waals surface area contributed by atoms with Gasteiger partial charge in [-0.3, -0.25) is 14.5 Å². The Hall–Kier alpha value is -2.93. The highest BCUT2D eigenvalue weighted by Crippen LogP contribution is 2.30. The van der Waals surface area contributed by atoms with Crippen molar-refractivity contribution in [1.29, 1.82) is 0 Å². The Balaban J connectivity index is 1.78. The van der Waals surface area contributed by atoms with E-state index in [1.165, 1.54) is 25.1 Å². The van der Waals surface area contributed by atoms with E-state index in [2.05, 4.69) is 10.6 Å². The van der Waals surface area contributed by atoms with E-state index in [4.69, 9.17) is 11.6 Å². The van der Waals surface area contributed by atoms with E-state index in [9.17, 15) is 18.8 Å². The zero-order valence-electron chi connectivity index (χ0n) is 13.8. The van der Waals surface area contributed by atoms with Gasteiger partial charge in [-0.15, -0.1) is 0 Å². The first-order chi connectivity index (χ1) is 12.3. The van der Waals surface area contributed by atoms with Crippen LogP contribution in [0, 0.1) is 5.82 Å². The SMILES string of the molecule is C[C@@]1(c2ccccc2F)NC(=O)N(CC(=O)Nc2ccccc2Cl)C1=O. The third kappa shape index (κ3) is 3.13. The molecule has 134 valence electrons. The van der Waals surface area contributed by atoms with Crippen LogP contribution in [-0.4, -0.2) is 29.3 Å². The average Bonchev–Trinajstić information content (AvgIpc) is 2.81. The molecular weight excluding hydrogens is 361 g/mol. The molecule has 1 saturated heterocycles. The number of para-hydroxylation sites is 1. The minimum atomic E-state index is -1.58. The maximum absolute atomic E-state index is 14.1. The second-order valence-corrected chi connectivity index (χ2v) is 6.36. The molecular formula is C18H15ClFN3O3. The highest BCUT2D eigenvalue weighted by Gasteiger charge is 2.50. The predicted octanol–water partition coefficient (Wildman–Crippen LogP) is 2.88. The summed E-state index contributed by atoms with van der Waals surface area (Å²) < 4.78 is 14.1. The maximum Gasteiger partial charge on any atom is 0.325 e. The Morgan fingerprint density at radius 1 is 1.19 bits per heavy atom. The number of nitrogens with zero attached hydrogens (tertiary/aromatic N) is 1. The molecule has 0 spiro atoms. The third-order valence-corrected chi connectivity index (χ3v) is 4.47. The van der Waals surface area contributed by atoms with Crippen LogP contribution in [-0.2, 0) is 15.1 Å². The zero-order valence-corrected chi connectivity index (χ0v) is 14.5. The number of hydrogen-bond acceptors (Lipinski definition) is 3. The molecule has 2 N–H and O–H groups in total. The van der Waals surface area contributed by atoms with Gasteiger partial charge in [-0.25, -0.2) is 9.18 Å². The van der Waals surface area contributed by atoms with Crippen molar-refractivity contribution in [3.8, 4) is 0 Å². The van der Waals surface area contributed by atoms with Crippen molar-refractivity contribution in [1.82, 2.24) is 10.2 Å². The fourth-order valence-electron chi connectivity index (χ4n) is 2.79. The number of imide groups is 1. The number of rotatable bonds is 4. The molecule has 1 aliphatic rings. The summed E-state index contributed by atoms with van der Waals surface area (Å²) in [4.78, 5) is 37.9. The molecule has 0 saturated carbocycles. The number of carbonyl (C=O) groups excluding carboxylic acids is 3. The summed E-state index contributed by atoms with van der Waals surface area (Å²) in [5, 5.41) is 5.33. The Bertz CT molecular complexity index is 905. The molecule has 6 nitrogen and oxygen atoms in total. The molecule has 2 aromatic rings. The van der Waals surface area contributed by atoms with Gasteiger partial charge in [0.15, 0.2) is 0 Å². The van der Waals surface area contributed by atoms with E-state index >= 15 is 0 Å². The summed E-state index contributed by atoms with van der Waals surface area (Å²) >= 11 is 5.97. The number of amides is 4. The fourth-order valence-corrected chi connectivity index (χ4v) is 2.97. The minimum Gasteiger partial charge on any atom is -0.323 e. The van der Waals surface area contributed by atoms with Crippen LogP contribution in [0.2, 0.25) is 5.02 Å². The molecule has 1 heterocycles. The smallest absolute Gasteiger partial charge is 0.323 e. The molecule has 0 bridgehead atoms. The molecule has 0 aliphatic carbocycles. The van der Waals surface area contributed by atoms with Gasteiger partial charge < -0.3 is 10.6 Å². The van der Waals surface area contributed by atoms with Gasteiger partial charge >= 0.3 is 6.03 Å². The molecule has 2 aromatic carbocycles. The van der Waals surface area contributed by atoms with Crippen molar-refractivity contribution in [3.05, 3.63) is 64.9 Å².